The van der Waals surface area contributed by atoms with E-state index in [4.69, 9.17) is 5.11 Å². The van der Waals surface area contributed by atoms with Crippen molar-refractivity contribution in [3.05, 3.63) is 35.1 Å². The minimum Gasteiger partial charge on any atom is -0.481 e. The first-order chi connectivity index (χ1) is 10.1. The van der Waals surface area contributed by atoms with Gasteiger partial charge in [-0.15, -0.1) is 0 Å². The summed E-state index contributed by atoms with van der Waals surface area (Å²) in [7, 11) is 0. The van der Waals surface area contributed by atoms with Crippen LogP contribution in [0.3, 0.4) is 0 Å². The zero-order valence-corrected chi connectivity index (χ0v) is 12.1. The van der Waals surface area contributed by atoms with Gasteiger partial charge in [0, 0.05) is 6.04 Å². The SMILES string of the molecule is O=C(O)C1CCC(CNC2CCc3cc(F)ccc32)CC1. The molecule has 0 aliphatic heterocycles. The highest BCUT2D eigenvalue weighted by Crippen LogP contribution is 2.33. The molecule has 1 aromatic carbocycles. The number of hydrogen-bond acceptors (Lipinski definition) is 2. The zero-order chi connectivity index (χ0) is 14.8. The van der Waals surface area contributed by atoms with Crippen molar-refractivity contribution in [2.45, 2.75) is 44.6 Å². The fourth-order valence-electron chi connectivity index (χ4n) is 3.72. The Hall–Kier alpha value is -1.42. The second-order valence-corrected chi connectivity index (χ2v) is 6.40. The van der Waals surface area contributed by atoms with Crippen molar-refractivity contribution in [1.82, 2.24) is 5.32 Å². The molecule has 0 aromatic heterocycles. The van der Waals surface area contributed by atoms with Gasteiger partial charge in [-0.05, 0) is 74.2 Å². The van der Waals surface area contributed by atoms with E-state index in [-0.39, 0.29) is 11.7 Å². The molecule has 1 aromatic rings. The predicted octanol–water partition coefficient (Wildman–Crippen LogP) is 3.29. The van der Waals surface area contributed by atoms with E-state index in [1.165, 1.54) is 11.6 Å². The lowest BCUT2D eigenvalue weighted by atomic mass is 9.82. The number of nitrogens with one attached hydrogen (secondary N) is 1. The largest absolute Gasteiger partial charge is 0.481 e. The van der Waals surface area contributed by atoms with Crippen LogP contribution in [-0.2, 0) is 11.2 Å². The van der Waals surface area contributed by atoms with E-state index >= 15 is 0 Å². The lowest BCUT2D eigenvalue weighted by Gasteiger charge is -2.27. The van der Waals surface area contributed by atoms with Crippen molar-refractivity contribution in [3.63, 3.8) is 0 Å². The van der Waals surface area contributed by atoms with Crippen LogP contribution in [0.15, 0.2) is 18.2 Å². The molecule has 1 unspecified atom stereocenters. The van der Waals surface area contributed by atoms with Crippen LogP contribution in [0.2, 0.25) is 0 Å². The maximum atomic E-state index is 13.2. The Labute approximate surface area is 124 Å². The van der Waals surface area contributed by atoms with Gasteiger partial charge in [0.05, 0.1) is 5.92 Å². The molecule has 1 fully saturated rings. The van der Waals surface area contributed by atoms with Crippen LogP contribution in [-0.4, -0.2) is 17.6 Å². The molecule has 1 atom stereocenters. The molecule has 21 heavy (non-hydrogen) atoms. The monoisotopic (exact) mass is 291 g/mol. The average Bonchev–Trinajstić information content (AvgIpc) is 2.87. The van der Waals surface area contributed by atoms with Crippen LogP contribution < -0.4 is 5.32 Å². The highest BCUT2D eigenvalue weighted by molar-refractivity contribution is 5.69. The van der Waals surface area contributed by atoms with Crippen LogP contribution >= 0.6 is 0 Å². The van der Waals surface area contributed by atoms with Crippen molar-refractivity contribution in [3.8, 4) is 0 Å². The molecular weight excluding hydrogens is 269 g/mol. The fraction of sp³-hybridized carbons (Fsp3) is 0.588. The first-order valence-electron chi connectivity index (χ1n) is 7.88. The van der Waals surface area contributed by atoms with Gasteiger partial charge in [0.15, 0.2) is 0 Å². The number of aryl methyl sites for hydroxylation is 1. The number of rotatable bonds is 4. The number of halogens is 1. The number of aliphatic carboxylic acids is 1. The molecule has 0 radical (unpaired) electrons. The van der Waals surface area contributed by atoms with Gasteiger partial charge in [-0.25, -0.2) is 4.39 Å². The second kappa shape index (κ2) is 6.14. The minimum absolute atomic E-state index is 0.142. The number of carbonyl (C=O) groups is 1. The van der Waals surface area contributed by atoms with Crippen LogP contribution in [0.4, 0.5) is 4.39 Å². The smallest absolute Gasteiger partial charge is 0.306 e. The summed E-state index contributed by atoms with van der Waals surface area (Å²) >= 11 is 0. The lowest BCUT2D eigenvalue weighted by molar-refractivity contribution is -0.143. The van der Waals surface area contributed by atoms with Crippen molar-refractivity contribution < 1.29 is 14.3 Å². The van der Waals surface area contributed by atoms with E-state index in [1.807, 2.05) is 6.07 Å². The summed E-state index contributed by atoms with van der Waals surface area (Å²) in [5.41, 5.74) is 2.36. The summed E-state index contributed by atoms with van der Waals surface area (Å²) in [5.74, 6) is -0.365. The Balaban J connectivity index is 1.50. The highest BCUT2D eigenvalue weighted by Gasteiger charge is 2.27. The molecule has 3 nitrogen and oxygen atoms in total. The first kappa shape index (κ1) is 14.5. The van der Waals surface area contributed by atoms with Crippen molar-refractivity contribution in [1.29, 1.82) is 0 Å². The van der Waals surface area contributed by atoms with Gasteiger partial charge in [0.1, 0.15) is 5.82 Å². The van der Waals surface area contributed by atoms with E-state index in [2.05, 4.69) is 5.32 Å². The molecule has 0 heterocycles. The molecule has 0 bridgehead atoms. The minimum atomic E-state index is -0.645. The Bertz CT molecular complexity index is 524. The van der Waals surface area contributed by atoms with Gasteiger partial charge in [-0.1, -0.05) is 6.07 Å². The molecule has 0 amide bonds. The van der Waals surface area contributed by atoms with Crippen LogP contribution in [0.5, 0.6) is 0 Å². The molecule has 0 saturated heterocycles. The number of fused-ring (bicyclic) bond motifs is 1. The molecule has 2 N–H and O–H groups in total. The van der Waals surface area contributed by atoms with Gasteiger partial charge in [-0.2, -0.15) is 0 Å². The van der Waals surface area contributed by atoms with Gasteiger partial charge >= 0.3 is 5.97 Å². The van der Waals surface area contributed by atoms with Gasteiger partial charge in [-0.3, -0.25) is 4.79 Å². The standard InChI is InChI=1S/C17H22FNO2/c18-14-6-7-15-13(9-14)5-8-16(15)19-10-11-1-3-12(4-2-11)17(20)21/h6-7,9,11-12,16,19H,1-5,8,10H2,(H,20,21). The Kier molecular flexibility index (Phi) is 4.24. The normalized spacial score (nSPS) is 28.3. The number of carboxylic acid groups (broad SMARTS) is 1. The average molecular weight is 291 g/mol. The number of benzene rings is 1. The van der Waals surface area contributed by atoms with Crippen molar-refractivity contribution in [2.24, 2.45) is 11.8 Å². The van der Waals surface area contributed by atoms with Gasteiger partial charge in [0.2, 0.25) is 0 Å². The summed E-state index contributed by atoms with van der Waals surface area (Å²) in [5, 5.41) is 12.6. The van der Waals surface area contributed by atoms with Crippen molar-refractivity contribution in [2.75, 3.05) is 6.54 Å². The maximum Gasteiger partial charge on any atom is 0.306 e. The molecule has 2 aliphatic carbocycles. The first-order valence-corrected chi connectivity index (χ1v) is 7.88. The predicted molar refractivity (Wildman–Crippen MR) is 78.5 cm³/mol. The molecular formula is C17H22FNO2. The van der Waals surface area contributed by atoms with E-state index in [0.717, 1.165) is 50.6 Å². The van der Waals surface area contributed by atoms with Crippen LogP contribution in [0.1, 0.15) is 49.3 Å². The van der Waals surface area contributed by atoms with E-state index in [1.54, 1.807) is 6.07 Å². The van der Waals surface area contributed by atoms with E-state index in [0.29, 0.717) is 12.0 Å². The molecule has 4 heteroatoms. The summed E-state index contributed by atoms with van der Waals surface area (Å²) < 4.78 is 13.2. The Morgan fingerprint density at radius 3 is 2.71 bits per heavy atom. The number of hydrogen-bond donors (Lipinski definition) is 2. The lowest BCUT2D eigenvalue weighted by Crippen LogP contribution is -2.30. The second-order valence-electron chi connectivity index (χ2n) is 6.40. The quantitative estimate of drug-likeness (QED) is 0.895. The summed E-state index contributed by atoms with van der Waals surface area (Å²) in [4.78, 5) is 10.9. The van der Waals surface area contributed by atoms with Gasteiger partial charge in [0.25, 0.3) is 0 Å². The van der Waals surface area contributed by atoms with Crippen molar-refractivity contribution >= 4 is 5.97 Å². The van der Waals surface area contributed by atoms with E-state index < -0.39 is 5.97 Å². The zero-order valence-electron chi connectivity index (χ0n) is 12.1. The van der Waals surface area contributed by atoms with Crippen LogP contribution in [0, 0.1) is 17.7 Å². The third-order valence-corrected chi connectivity index (χ3v) is 5.03. The van der Waals surface area contributed by atoms with Gasteiger partial charge < -0.3 is 10.4 Å². The summed E-state index contributed by atoms with van der Waals surface area (Å²) in [6.45, 7) is 0.938. The molecule has 114 valence electrons. The van der Waals surface area contributed by atoms with E-state index in [9.17, 15) is 9.18 Å². The molecule has 2 aliphatic rings. The molecule has 0 spiro atoms. The third kappa shape index (κ3) is 3.26. The third-order valence-electron chi connectivity index (χ3n) is 5.03. The Morgan fingerprint density at radius 1 is 1.24 bits per heavy atom. The Morgan fingerprint density at radius 2 is 2.00 bits per heavy atom. The molecule has 3 rings (SSSR count). The summed E-state index contributed by atoms with van der Waals surface area (Å²) in [6.07, 6.45) is 5.56. The highest BCUT2D eigenvalue weighted by atomic mass is 19.1. The summed E-state index contributed by atoms with van der Waals surface area (Å²) in [6, 6.07) is 5.42. The maximum absolute atomic E-state index is 13.2. The van der Waals surface area contributed by atoms with Crippen LogP contribution in [0.25, 0.3) is 0 Å². The fourth-order valence-corrected chi connectivity index (χ4v) is 3.72. The number of carboxylic acids is 1. The topological polar surface area (TPSA) is 49.3 Å². The molecule has 1 saturated carbocycles.